The van der Waals surface area contributed by atoms with Gasteiger partial charge in [-0.25, -0.2) is 0 Å². The minimum atomic E-state index is -0.784. The molecule has 1 aromatic rings. The lowest BCUT2D eigenvalue weighted by Crippen LogP contribution is -2.24. The molecule has 0 spiro atoms. The van der Waals surface area contributed by atoms with Crippen molar-refractivity contribution in [1.82, 2.24) is 0 Å². The lowest BCUT2D eigenvalue weighted by Gasteiger charge is -2.11. The van der Waals surface area contributed by atoms with Crippen LogP contribution in [-0.2, 0) is 9.47 Å². The molecule has 0 N–H and O–H groups in total. The fourth-order valence-electron chi connectivity index (χ4n) is 1.08. The predicted molar refractivity (Wildman–Crippen MR) is 51.2 cm³/mol. The summed E-state index contributed by atoms with van der Waals surface area (Å²) < 4.78 is 9.75. The smallest absolute Gasteiger partial charge is 0.222 e. The van der Waals surface area contributed by atoms with Crippen molar-refractivity contribution >= 4 is 17.1 Å². The molecule has 1 heterocycles. The van der Waals surface area contributed by atoms with Crippen LogP contribution in [0.3, 0.4) is 0 Å². The fraction of sp³-hybridized carbons (Fsp3) is 0.444. The van der Waals surface area contributed by atoms with Crippen LogP contribution in [0, 0.1) is 6.92 Å². The van der Waals surface area contributed by atoms with Crippen molar-refractivity contribution in [3.05, 3.63) is 21.9 Å². The molecule has 0 fully saturated rings. The standard InChI is InChI=1S/C9H12O3S/c1-6-7(4-5-13-6)8(10)9(11-2)12-3/h4-5,9H,1-3H3. The van der Waals surface area contributed by atoms with Gasteiger partial charge >= 0.3 is 0 Å². The van der Waals surface area contributed by atoms with E-state index >= 15 is 0 Å². The van der Waals surface area contributed by atoms with Crippen LogP contribution in [0.5, 0.6) is 0 Å². The van der Waals surface area contributed by atoms with Crippen molar-refractivity contribution in [3.8, 4) is 0 Å². The van der Waals surface area contributed by atoms with Gasteiger partial charge in [0.1, 0.15) is 0 Å². The first-order valence-corrected chi connectivity index (χ1v) is 4.72. The largest absolute Gasteiger partial charge is 0.349 e. The van der Waals surface area contributed by atoms with Gasteiger partial charge in [0.25, 0.3) is 0 Å². The number of methoxy groups -OCH3 is 2. The predicted octanol–water partition coefficient (Wildman–Crippen LogP) is 1.86. The zero-order chi connectivity index (χ0) is 9.84. The monoisotopic (exact) mass is 200 g/mol. The average molecular weight is 200 g/mol. The van der Waals surface area contributed by atoms with Gasteiger partial charge in [-0.2, -0.15) is 0 Å². The second-order valence-electron chi connectivity index (χ2n) is 2.56. The molecule has 0 aliphatic rings. The number of aryl methyl sites for hydroxylation is 1. The highest BCUT2D eigenvalue weighted by Crippen LogP contribution is 2.17. The number of carbonyl (C=O) groups is 1. The van der Waals surface area contributed by atoms with Crippen LogP contribution in [0.25, 0.3) is 0 Å². The van der Waals surface area contributed by atoms with Gasteiger partial charge in [0.2, 0.25) is 12.1 Å². The van der Waals surface area contributed by atoms with Crippen molar-refractivity contribution in [2.45, 2.75) is 13.2 Å². The first-order valence-electron chi connectivity index (χ1n) is 3.84. The Morgan fingerprint density at radius 1 is 1.46 bits per heavy atom. The fourth-order valence-corrected chi connectivity index (χ4v) is 1.78. The molecule has 4 heteroatoms. The summed E-state index contributed by atoms with van der Waals surface area (Å²) >= 11 is 1.54. The summed E-state index contributed by atoms with van der Waals surface area (Å²) in [7, 11) is 2.90. The number of carbonyl (C=O) groups excluding carboxylic acids is 1. The number of hydrogen-bond donors (Lipinski definition) is 0. The number of ketones is 1. The maximum Gasteiger partial charge on any atom is 0.222 e. The van der Waals surface area contributed by atoms with Crippen molar-refractivity contribution in [2.75, 3.05) is 14.2 Å². The second-order valence-corrected chi connectivity index (χ2v) is 3.68. The van der Waals surface area contributed by atoms with Crippen LogP contribution in [0.1, 0.15) is 15.2 Å². The van der Waals surface area contributed by atoms with Gasteiger partial charge in [-0.1, -0.05) is 0 Å². The Morgan fingerprint density at radius 3 is 2.46 bits per heavy atom. The summed E-state index contributed by atoms with van der Waals surface area (Å²) in [6.45, 7) is 1.90. The van der Waals surface area contributed by atoms with E-state index in [1.54, 1.807) is 6.07 Å². The Balaban J connectivity index is 2.84. The van der Waals surface area contributed by atoms with E-state index < -0.39 is 6.29 Å². The maximum absolute atomic E-state index is 11.6. The molecule has 0 amide bonds. The third-order valence-corrected chi connectivity index (χ3v) is 2.61. The lowest BCUT2D eigenvalue weighted by molar-refractivity contribution is -0.0742. The molecule has 72 valence electrons. The van der Waals surface area contributed by atoms with Crippen molar-refractivity contribution in [3.63, 3.8) is 0 Å². The maximum atomic E-state index is 11.6. The van der Waals surface area contributed by atoms with Gasteiger partial charge in [-0.15, -0.1) is 11.3 Å². The van der Waals surface area contributed by atoms with Crippen molar-refractivity contribution in [2.24, 2.45) is 0 Å². The van der Waals surface area contributed by atoms with Crippen LogP contribution in [0.4, 0.5) is 0 Å². The van der Waals surface area contributed by atoms with E-state index in [-0.39, 0.29) is 5.78 Å². The number of thiophene rings is 1. The minimum absolute atomic E-state index is 0.122. The molecule has 0 bridgehead atoms. The molecule has 0 atom stereocenters. The highest BCUT2D eigenvalue weighted by Gasteiger charge is 2.20. The normalized spacial score (nSPS) is 10.8. The highest BCUT2D eigenvalue weighted by molar-refractivity contribution is 7.10. The van der Waals surface area contributed by atoms with Gasteiger partial charge in [0.05, 0.1) is 0 Å². The zero-order valence-corrected chi connectivity index (χ0v) is 8.68. The molecule has 13 heavy (non-hydrogen) atoms. The summed E-state index contributed by atoms with van der Waals surface area (Å²) in [6.07, 6.45) is -0.784. The Kier molecular flexibility index (Phi) is 3.59. The molecule has 0 unspecified atom stereocenters. The zero-order valence-electron chi connectivity index (χ0n) is 7.87. The minimum Gasteiger partial charge on any atom is -0.349 e. The molecule has 0 saturated carbocycles. The Labute approximate surface area is 81.3 Å². The number of Topliss-reactive ketones (excluding diaryl/α,β-unsaturated/α-hetero) is 1. The summed E-state index contributed by atoms with van der Waals surface area (Å²) in [5.41, 5.74) is 0.679. The van der Waals surface area contributed by atoms with Gasteiger partial charge in [-0.05, 0) is 18.4 Å². The van der Waals surface area contributed by atoms with Gasteiger partial charge < -0.3 is 9.47 Å². The molecule has 0 radical (unpaired) electrons. The summed E-state index contributed by atoms with van der Waals surface area (Å²) in [5, 5.41) is 1.88. The van der Waals surface area contributed by atoms with Gasteiger partial charge in [0.15, 0.2) is 0 Å². The van der Waals surface area contributed by atoms with Crippen LogP contribution in [0.15, 0.2) is 11.4 Å². The van der Waals surface area contributed by atoms with E-state index in [2.05, 4.69) is 0 Å². The van der Waals surface area contributed by atoms with Gasteiger partial charge in [-0.3, -0.25) is 4.79 Å². The molecular weight excluding hydrogens is 188 g/mol. The highest BCUT2D eigenvalue weighted by atomic mass is 32.1. The quantitative estimate of drug-likeness (QED) is 0.549. The van der Waals surface area contributed by atoms with Gasteiger partial charge in [0, 0.05) is 24.7 Å². The molecule has 0 aliphatic carbocycles. The molecule has 3 nitrogen and oxygen atoms in total. The third kappa shape index (κ3) is 2.15. The van der Waals surface area contributed by atoms with Crippen LogP contribution in [-0.4, -0.2) is 26.3 Å². The van der Waals surface area contributed by atoms with E-state index in [1.807, 2.05) is 12.3 Å². The number of hydrogen-bond acceptors (Lipinski definition) is 4. The van der Waals surface area contributed by atoms with E-state index in [0.29, 0.717) is 5.56 Å². The summed E-state index contributed by atoms with van der Waals surface area (Å²) in [5.74, 6) is -0.122. The van der Waals surface area contributed by atoms with Crippen molar-refractivity contribution in [1.29, 1.82) is 0 Å². The number of rotatable bonds is 4. The summed E-state index contributed by atoms with van der Waals surface area (Å²) in [4.78, 5) is 12.6. The topological polar surface area (TPSA) is 35.5 Å². The molecule has 1 aromatic heterocycles. The molecule has 0 aromatic carbocycles. The first kappa shape index (κ1) is 10.4. The Bertz CT molecular complexity index is 289. The van der Waals surface area contributed by atoms with Crippen LogP contribution >= 0.6 is 11.3 Å². The third-order valence-electron chi connectivity index (χ3n) is 1.77. The molecule has 0 aliphatic heterocycles. The lowest BCUT2D eigenvalue weighted by atomic mass is 10.2. The van der Waals surface area contributed by atoms with E-state index in [4.69, 9.17) is 9.47 Å². The van der Waals surface area contributed by atoms with Crippen LogP contribution in [0.2, 0.25) is 0 Å². The average Bonchev–Trinajstić information content (AvgIpc) is 2.53. The van der Waals surface area contributed by atoms with E-state index in [0.717, 1.165) is 4.88 Å². The van der Waals surface area contributed by atoms with E-state index in [1.165, 1.54) is 25.6 Å². The van der Waals surface area contributed by atoms with E-state index in [9.17, 15) is 4.79 Å². The van der Waals surface area contributed by atoms with Crippen molar-refractivity contribution < 1.29 is 14.3 Å². The Hall–Kier alpha value is -0.710. The number of ether oxygens (including phenoxy) is 2. The van der Waals surface area contributed by atoms with Crippen LogP contribution < -0.4 is 0 Å². The first-order chi connectivity index (χ1) is 6.20. The summed E-state index contributed by atoms with van der Waals surface area (Å²) in [6, 6.07) is 1.79. The molecule has 0 saturated heterocycles. The SMILES string of the molecule is COC(OC)C(=O)c1ccsc1C. The Morgan fingerprint density at radius 2 is 2.08 bits per heavy atom. The molecular formula is C9H12O3S. The second kappa shape index (κ2) is 4.50. The molecule has 1 rings (SSSR count).